The fourth-order valence-corrected chi connectivity index (χ4v) is 1.39. The first-order chi connectivity index (χ1) is 5.95. The van der Waals surface area contributed by atoms with Crippen LogP contribution < -0.4 is 5.32 Å². The monoisotopic (exact) mass is 199 g/mol. The Labute approximate surface area is 84.1 Å². The number of aromatic amines is 1. The van der Waals surface area contributed by atoms with Gasteiger partial charge in [0.05, 0.1) is 12.4 Å². The number of aryl methyl sites for hydroxylation is 1. The highest BCUT2D eigenvalue weighted by molar-refractivity contribution is 5.85. The van der Waals surface area contributed by atoms with E-state index in [-0.39, 0.29) is 12.4 Å². The number of nitrogens with one attached hydrogen (secondary N) is 2. The van der Waals surface area contributed by atoms with Gasteiger partial charge in [0.25, 0.3) is 0 Å². The predicted octanol–water partition coefficient (Wildman–Crippen LogP) is 1.37. The van der Waals surface area contributed by atoms with Gasteiger partial charge in [-0.2, -0.15) is 0 Å². The molecule has 4 heteroatoms. The maximum absolute atomic E-state index is 4.33. The number of nitrogens with zero attached hydrogens (tertiary/aromatic N) is 1. The van der Waals surface area contributed by atoms with Gasteiger partial charge in [-0.1, -0.05) is 0 Å². The summed E-state index contributed by atoms with van der Waals surface area (Å²) in [4.78, 5) is 7.51. The van der Waals surface area contributed by atoms with Crippen molar-refractivity contribution in [3.05, 3.63) is 24.0 Å². The Morgan fingerprint density at radius 3 is 2.92 bits per heavy atom. The van der Waals surface area contributed by atoms with Crippen molar-refractivity contribution in [3.8, 4) is 0 Å². The smallest absolute Gasteiger partial charge is 0.0968 e. The quantitative estimate of drug-likeness (QED) is 0.759. The van der Waals surface area contributed by atoms with Crippen molar-refractivity contribution in [1.82, 2.24) is 10.3 Å². The van der Waals surface area contributed by atoms with Gasteiger partial charge in [0, 0.05) is 24.9 Å². The van der Waals surface area contributed by atoms with Crippen LogP contribution >= 0.6 is 12.4 Å². The lowest BCUT2D eigenvalue weighted by Crippen LogP contribution is -2.18. The molecular weight excluding hydrogens is 186 g/mol. The number of amidine groups is 1. The molecule has 1 aromatic heterocycles. The van der Waals surface area contributed by atoms with Gasteiger partial charge < -0.3 is 10.3 Å². The fraction of sp³-hybridized carbons (Fsp3) is 0.444. The number of aliphatic imine (C=N–C) groups is 1. The molecule has 0 amide bonds. The number of aromatic nitrogens is 1. The average Bonchev–Trinajstić information content (AvgIpc) is 2.74. The topological polar surface area (TPSA) is 40.2 Å². The Kier molecular flexibility index (Phi) is 3.83. The zero-order chi connectivity index (χ0) is 8.23. The zero-order valence-electron chi connectivity index (χ0n) is 7.42. The van der Waals surface area contributed by atoms with E-state index in [4.69, 9.17) is 0 Å². The Bertz CT molecular complexity index is 266. The van der Waals surface area contributed by atoms with Gasteiger partial charge in [-0.15, -0.1) is 12.4 Å². The summed E-state index contributed by atoms with van der Waals surface area (Å²) >= 11 is 0. The van der Waals surface area contributed by atoms with Crippen LogP contribution in [0.2, 0.25) is 0 Å². The fourth-order valence-electron chi connectivity index (χ4n) is 1.39. The first-order valence-electron chi connectivity index (χ1n) is 4.34. The lowest BCUT2D eigenvalue weighted by Gasteiger charge is -1.99. The Hall–Kier alpha value is -0.960. The number of H-pyrrole nitrogens is 1. The summed E-state index contributed by atoms with van der Waals surface area (Å²) in [6, 6.07) is 4.13. The Morgan fingerprint density at radius 1 is 1.38 bits per heavy atom. The van der Waals surface area contributed by atoms with Crippen LogP contribution in [0.3, 0.4) is 0 Å². The normalized spacial score (nSPS) is 14.6. The summed E-state index contributed by atoms with van der Waals surface area (Å²) in [5.74, 6) is 1.16. The maximum atomic E-state index is 4.33. The first-order valence-corrected chi connectivity index (χ1v) is 4.34. The van der Waals surface area contributed by atoms with Crippen LogP contribution in [0.4, 0.5) is 0 Å². The summed E-state index contributed by atoms with van der Waals surface area (Å²) in [5.41, 5.74) is 1.28. The van der Waals surface area contributed by atoms with Gasteiger partial charge in [0.1, 0.15) is 0 Å². The standard InChI is InChI=1S/C9H13N3.ClH/c1-2-8(10-5-1)3-4-9-11-6-7-12-9;/h1-2,5,10H,3-4,6-7H2,(H,11,12);1H. The van der Waals surface area contributed by atoms with Crippen molar-refractivity contribution in [1.29, 1.82) is 0 Å². The van der Waals surface area contributed by atoms with Crippen LogP contribution in [-0.2, 0) is 6.42 Å². The largest absolute Gasteiger partial charge is 0.372 e. The molecule has 72 valence electrons. The molecule has 13 heavy (non-hydrogen) atoms. The highest BCUT2D eigenvalue weighted by atomic mass is 35.5. The van der Waals surface area contributed by atoms with E-state index in [1.54, 1.807) is 0 Å². The molecule has 1 aliphatic heterocycles. The minimum absolute atomic E-state index is 0. The molecule has 0 spiro atoms. The van der Waals surface area contributed by atoms with Crippen molar-refractivity contribution in [2.75, 3.05) is 13.1 Å². The summed E-state index contributed by atoms with van der Waals surface area (Å²) < 4.78 is 0. The number of hydrogen-bond donors (Lipinski definition) is 2. The van der Waals surface area contributed by atoms with E-state index in [0.717, 1.165) is 31.8 Å². The molecule has 0 fully saturated rings. The van der Waals surface area contributed by atoms with Gasteiger partial charge in [-0.3, -0.25) is 4.99 Å². The van der Waals surface area contributed by atoms with Gasteiger partial charge in [-0.05, 0) is 18.6 Å². The van der Waals surface area contributed by atoms with E-state index in [1.807, 2.05) is 12.3 Å². The molecule has 2 heterocycles. The molecule has 0 radical (unpaired) electrons. The van der Waals surface area contributed by atoms with Crippen molar-refractivity contribution >= 4 is 18.2 Å². The second-order valence-electron chi connectivity index (χ2n) is 2.95. The van der Waals surface area contributed by atoms with E-state index < -0.39 is 0 Å². The zero-order valence-corrected chi connectivity index (χ0v) is 8.23. The van der Waals surface area contributed by atoms with Crippen LogP contribution in [0.25, 0.3) is 0 Å². The molecule has 2 rings (SSSR count). The molecule has 0 atom stereocenters. The van der Waals surface area contributed by atoms with Gasteiger partial charge in [0.2, 0.25) is 0 Å². The third kappa shape index (κ3) is 2.77. The van der Waals surface area contributed by atoms with Crippen molar-refractivity contribution in [2.45, 2.75) is 12.8 Å². The third-order valence-electron chi connectivity index (χ3n) is 2.04. The van der Waals surface area contributed by atoms with Crippen molar-refractivity contribution in [3.63, 3.8) is 0 Å². The average molecular weight is 200 g/mol. The molecular formula is C9H14ClN3. The number of hydrogen-bond acceptors (Lipinski definition) is 2. The molecule has 0 saturated carbocycles. The molecule has 0 bridgehead atoms. The van der Waals surface area contributed by atoms with Crippen LogP contribution in [0.1, 0.15) is 12.1 Å². The Balaban J connectivity index is 0.000000845. The van der Waals surface area contributed by atoms with Crippen LogP contribution in [0.15, 0.2) is 23.3 Å². The summed E-state index contributed by atoms with van der Waals surface area (Å²) in [7, 11) is 0. The van der Waals surface area contributed by atoms with Gasteiger partial charge in [-0.25, -0.2) is 0 Å². The summed E-state index contributed by atoms with van der Waals surface area (Å²) in [5, 5.41) is 3.26. The minimum atomic E-state index is 0. The number of halogens is 1. The molecule has 1 aliphatic rings. The predicted molar refractivity (Wildman–Crippen MR) is 56.7 cm³/mol. The lowest BCUT2D eigenvalue weighted by molar-refractivity contribution is 0.923. The van der Waals surface area contributed by atoms with E-state index in [2.05, 4.69) is 21.4 Å². The van der Waals surface area contributed by atoms with Crippen molar-refractivity contribution in [2.24, 2.45) is 4.99 Å². The molecule has 0 aliphatic carbocycles. The lowest BCUT2D eigenvalue weighted by atomic mass is 10.2. The second-order valence-corrected chi connectivity index (χ2v) is 2.95. The Morgan fingerprint density at radius 2 is 2.31 bits per heavy atom. The van der Waals surface area contributed by atoms with Crippen LogP contribution in [0, 0.1) is 0 Å². The second kappa shape index (κ2) is 4.92. The molecule has 0 aromatic carbocycles. The SMILES string of the molecule is Cl.c1c[nH]c(CCC2=NCCN2)c1. The minimum Gasteiger partial charge on any atom is -0.372 e. The first kappa shape index (κ1) is 10.1. The summed E-state index contributed by atoms with van der Waals surface area (Å²) in [6.07, 6.45) is 4.04. The molecule has 0 unspecified atom stereocenters. The molecule has 2 N–H and O–H groups in total. The highest BCUT2D eigenvalue weighted by Gasteiger charge is 2.04. The van der Waals surface area contributed by atoms with E-state index in [9.17, 15) is 0 Å². The molecule has 1 aromatic rings. The van der Waals surface area contributed by atoms with Crippen LogP contribution in [0.5, 0.6) is 0 Å². The molecule has 3 nitrogen and oxygen atoms in total. The highest BCUT2D eigenvalue weighted by Crippen LogP contribution is 2.01. The van der Waals surface area contributed by atoms with E-state index in [0.29, 0.717) is 0 Å². The van der Waals surface area contributed by atoms with Crippen LogP contribution in [-0.4, -0.2) is 23.9 Å². The number of rotatable bonds is 3. The van der Waals surface area contributed by atoms with Gasteiger partial charge >= 0.3 is 0 Å². The van der Waals surface area contributed by atoms with E-state index in [1.165, 1.54) is 5.69 Å². The summed E-state index contributed by atoms with van der Waals surface area (Å²) in [6.45, 7) is 1.96. The van der Waals surface area contributed by atoms with Gasteiger partial charge in [0.15, 0.2) is 0 Å². The molecule has 0 saturated heterocycles. The third-order valence-corrected chi connectivity index (χ3v) is 2.04. The van der Waals surface area contributed by atoms with Crippen molar-refractivity contribution < 1.29 is 0 Å². The van der Waals surface area contributed by atoms with E-state index >= 15 is 0 Å². The maximum Gasteiger partial charge on any atom is 0.0968 e.